The molecule has 1 heterocycles. The van der Waals surface area contributed by atoms with Crippen LogP contribution in [-0.2, 0) is 12.8 Å². The van der Waals surface area contributed by atoms with Gasteiger partial charge in [0.2, 0.25) is 0 Å². The van der Waals surface area contributed by atoms with Crippen LogP contribution in [0.3, 0.4) is 0 Å². The number of aryl methyl sites for hydroxylation is 1. The molecular formula is C12H14BrNS. The number of rotatable bonds is 3. The van der Waals surface area contributed by atoms with Gasteiger partial charge in [-0.2, -0.15) is 11.8 Å². The molecule has 0 aliphatic carbocycles. The Morgan fingerprint density at radius 2 is 2.20 bits per heavy atom. The molecule has 0 spiro atoms. The van der Waals surface area contributed by atoms with Crippen molar-refractivity contribution in [3.05, 3.63) is 34.4 Å². The van der Waals surface area contributed by atoms with E-state index >= 15 is 0 Å². The zero-order chi connectivity index (χ0) is 10.8. The number of halogens is 1. The summed E-state index contributed by atoms with van der Waals surface area (Å²) in [7, 11) is 2.11. The number of nitrogens with zero attached hydrogens (tertiary/aromatic N) is 1. The minimum absolute atomic E-state index is 1.09. The first-order valence-corrected chi connectivity index (χ1v) is 6.99. The van der Waals surface area contributed by atoms with Crippen molar-refractivity contribution in [2.45, 2.75) is 12.7 Å². The Hall–Kier alpha value is -0.410. The third-order valence-corrected chi connectivity index (χ3v) is 4.09. The van der Waals surface area contributed by atoms with E-state index in [2.05, 4.69) is 58.9 Å². The number of aromatic nitrogens is 1. The van der Waals surface area contributed by atoms with Crippen molar-refractivity contribution in [2.75, 3.05) is 5.75 Å². The molecule has 80 valence electrons. The van der Waals surface area contributed by atoms with E-state index in [9.17, 15) is 0 Å². The lowest BCUT2D eigenvalue weighted by Crippen LogP contribution is -1.82. The Labute approximate surface area is 103 Å². The zero-order valence-corrected chi connectivity index (χ0v) is 11.4. The molecule has 0 saturated carbocycles. The van der Waals surface area contributed by atoms with Crippen molar-refractivity contribution in [3.63, 3.8) is 0 Å². The average Bonchev–Trinajstić information content (AvgIpc) is 2.55. The van der Waals surface area contributed by atoms with Crippen LogP contribution >= 0.6 is 27.7 Å². The van der Waals surface area contributed by atoms with E-state index in [-0.39, 0.29) is 0 Å². The highest BCUT2D eigenvalue weighted by molar-refractivity contribution is 9.10. The van der Waals surface area contributed by atoms with Gasteiger partial charge in [0.15, 0.2) is 0 Å². The highest BCUT2D eigenvalue weighted by Crippen LogP contribution is 2.30. The van der Waals surface area contributed by atoms with Gasteiger partial charge in [-0.1, -0.05) is 28.9 Å². The standard InChI is InChI=1S/C12H14BrNS/c1-3-15-8-9-7-14(2)11-6-4-5-10(13)12(9)11/h4-7H,3,8H2,1-2H3. The van der Waals surface area contributed by atoms with Crippen LogP contribution in [0.5, 0.6) is 0 Å². The van der Waals surface area contributed by atoms with E-state index in [0.29, 0.717) is 0 Å². The van der Waals surface area contributed by atoms with Crippen molar-refractivity contribution < 1.29 is 0 Å². The first kappa shape index (κ1) is 11.1. The molecular weight excluding hydrogens is 270 g/mol. The van der Waals surface area contributed by atoms with Gasteiger partial charge in [0.25, 0.3) is 0 Å². The molecule has 0 N–H and O–H groups in total. The molecule has 0 bridgehead atoms. The number of thioether (sulfide) groups is 1. The number of hydrogen-bond donors (Lipinski definition) is 0. The molecule has 3 heteroatoms. The summed E-state index contributed by atoms with van der Waals surface area (Å²) in [6.45, 7) is 2.20. The molecule has 0 aliphatic rings. The van der Waals surface area contributed by atoms with Gasteiger partial charge in [-0.25, -0.2) is 0 Å². The van der Waals surface area contributed by atoms with Crippen LogP contribution in [-0.4, -0.2) is 10.3 Å². The van der Waals surface area contributed by atoms with Crippen molar-refractivity contribution >= 4 is 38.6 Å². The van der Waals surface area contributed by atoms with E-state index in [4.69, 9.17) is 0 Å². The summed E-state index contributed by atoms with van der Waals surface area (Å²) in [5, 5.41) is 1.36. The van der Waals surface area contributed by atoms with E-state index in [1.807, 2.05) is 11.8 Å². The minimum atomic E-state index is 1.09. The van der Waals surface area contributed by atoms with E-state index in [1.54, 1.807) is 0 Å². The van der Waals surface area contributed by atoms with Gasteiger partial charge in [0.1, 0.15) is 0 Å². The van der Waals surface area contributed by atoms with Crippen LogP contribution in [0.25, 0.3) is 10.9 Å². The Balaban J connectivity index is 2.54. The van der Waals surface area contributed by atoms with Crippen LogP contribution < -0.4 is 0 Å². The minimum Gasteiger partial charge on any atom is -0.350 e. The molecule has 15 heavy (non-hydrogen) atoms. The first-order chi connectivity index (χ1) is 7.24. The molecule has 0 amide bonds. The van der Waals surface area contributed by atoms with Crippen LogP contribution in [0.4, 0.5) is 0 Å². The second kappa shape index (κ2) is 4.62. The second-order valence-electron chi connectivity index (χ2n) is 3.54. The maximum absolute atomic E-state index is 3.63. The molecule has 0 unspecified atom stereocenters. The lowest BCUT2D eigenvalue weighted by atomic mass is 10.2. The predicted molar refractivity (Wildman–Crippen MR) is 72.5 cm³/mol. The monoisotopic (exact) mass is 283 g/mol. The van der Waals surface area contributed by atoms with Crippen LogP contribution in [0.2, 0.25) is 0 Å². The Kier molecular flexibility index (Phi) is 3.42. The molecule has 0 fully saturated rings. The topological polar surface area (TPSA) is 4.93 Å². The quantitative estimate of drug-likeness (QED) is 0.818. The Morgan fingerprint density at radius 1 is 1.40 bits per heavy atom. The molecule has 0 saturated heterocycles. The predicted octanol–water partition coefficient (Wildman–Crippen LogP) is 4.19. The number of hydrogen-bond acceptors (Lipinski definition) is 1. The summed E-state index contributed by atoms with van der Waals surface area (Å²) in [6, 6.07) is 6.37. The zero-order valence-electron chi connectivity index (χ0n) is 8.96. The summed E-state index contributed by atoms with van der Waals surface area (Å²) in [6.07, 6.45) is 2.23. The van der Waals surface area contributed by atoms with E-state index < -0.39 is 0 Å². The van der Waals surface area contributed by atoms with Gasteiger partial charge in [0, 0.05) is 34.4 Å². The van der Waals surface area contributed by atoms with Gasteiger partial charge < -0.3 is 4.57 Å². The fourth-order valence-electron chi connectivity index (χ4n) is 1.81. The van der Waals surface area contributed by atoms with Crippen LogP contribution in [0.15, 0.2) is 28.9 Å². The maximum atomic E-state index is 3.63. The summed E-state index contributed by atoms with van der Waals surface area (Å²) in [5.74, 6) is 2.26. The SMILES string of the molecule is CCSCc1cn(C)c2cccc(Br)c12. The van der Waals surface area contributed by atoms with Gasteiger partial charge >= 0.3 is 0 Å². The second-order valence-corrected chi connectivity index (χ2v) is 5.66. The van der Waals surface area contributed by atoms with Gasteiger partial charge in [0.05, 0.1) is 0 Å². The molecule has 0 aliphatic heterocycles. The first-order valence-electron chi connectivity index (χ1n) is 5.04. The number of fused-ring (bicyclic) bond motifs is 1. The molecule has 1 nitrogen and oxygen atoms in total. The summed E-state index contributed by atoms with van der Waals surface area (Å²) >= 11 is 5.59. The lowest BCUT2D eigenvalue weighted by molar-refractivity contribution is 0.963. The van der Waals surface area contributed by atoms with Gasteiger partial charge in [-0.3, -0.25) is 0 Å². The maximum Gasteiger partial charge on any atom is 0.0492 e. The molecule has 1 aromatic carbocycles. The van der Waals surface area contributed by atoms with Crippen LogP contribution in [0, 0.1) is 0 Å². The molecule has 2 rings (SSSR count). The van der Waals surface area contributed by atoms with E-state index in [0.717, 1.165) is 5.75 Å². The largest absolute Gasteiger partial charge is 0.350 e. The van der Waals surface area contributed by atoms with Crippen molar-refractivity contribution in [3.8, 4) is 0 Å². The normalized spacial score (nSPS) is 11.1. The van der Waals surface area contributed by atoms with Crippen LogP contribution in [0.1, 0.15) is 12.5 Å². The van der Waals surface area contributed by atoms with Crippen molar-refractivity contribution in [1.82, 2.24) is 4.57 Å². The molecule has 1 aromatic heterocycles. The lowest BCUT2D eigenvalue weighted by Gasteiger charge is -1.99. The summed E-state index contributed by atoms with van der Waals surface area (Å²) < 4.78 is 3.40. The molecule has 2 aromatic rings. The fourth-order valence-corrected chi connectivity index (χ4v) is 3.07. The fraction of sp³-hybridized carbons (Fsp3) is 0.333. The Morgan fingerprint density at radius 3 is 2.93 bits per heavy atom. The van der Waals surface area contributed by atoms with Crippen molar-refractivity contribution in [2.24, 2.45) is 7.05 Å². The van der Waals surface area contributed by atoms with Gasteiger partial charge in [-0.05, 0) is 23.4 Å². The van der Waals surface area contributed by atoms with Gasteiger partial charge in [-0.15, -0.1) is 0 Å². The summed E-state index contributed by atoms with van der Waals surface area (Å²) in [5.41, 5.74) is 2.72. The van der Waals surface area contributed by atoms with E-state index in [1.165, 1.54) is 26.7 Å². The smallest absolute Gasteiger partial charge is 0.0492 e. The molecule has 0 radical (unpaired) electrons. The van der Waals surface area contributed by atoms with Crippen molar-refractivity contribution in [1.29, 1.82) is 0 Å². The Bertz CT molecular complexity index is 476. The average molecular weight is 284 g/mol. The third-order valence-electron chi connectivity index (χ3n) is 2.50. The summed E-state index contributed by atoms with van der Waals surface area (Å²) in [4.78, 5) is 0. The highest BCUT2D eigenvalue weighted by atomic mass is 79.9. The third kappa shape index (κ3) is 2.08. The highest BCUT2D eigenvalue weighted by Gasteiger charge is 2.08. The molecule has 0 atom stereocenters. The number of benzene rings is 1.